The molecule has 136 valence electrons. The van der Waals surface area contributed by atoms with E-state index in [1.165, 1.54) is 6.07 Å². The third-order valence-corrected chi connectivity index (χ3v) is 3.67. The third kappa shape index (κ3) is 5.00. The topological polar surface area (TPSA) is 93.5 Å². The molecule has 0 heterocycles. The van der Waals surface area contributed by atoms with E-state index in [4.69, 9.17) is 17.0 Å². The van der Waals surface area contributed by atoms with Crippen molar-refractivity contribution in [3.05, 3.63) is 63.7 Å². The normalized spacial score (nSPS) is 10.3. The lowest BCUT2D eigenvalue weighted by molar-refractivity contribution is -0.385. The van der Waals surface area contributed by atoms with E-state index >= 15 is 0 Å². The van der Waals surface area contributed by atoms with Crippen molar-refractivity contribution in [3.63, 3.8) is 0 Å². The second-order valence-corrected chi connectivity index (χ2v) is 6.21. The lowest BCUT2D eigenvalue weighted by Gasteiger charge is -2.12. The van der Waals surface area contributed by atoms with Gasteiger partial charge in [-0.05, 0) is 63.3 Å². The van der Waals surface area contributed by atoms with Crippen LogP contribution in [0.5, 0.6) is 5.75 Å². The molecule has 0 spiro atoms. The number of hydrogen-bond donors (Lipinski definition) is 2. The molecule has 0 aromatic heterocycles. The highest BCUT2D eigenvalue weighted by molar-refractivity contribution is 7.80. The first-order valence-electron chi connectivity index (χ1n) is 7.91. The zero-order valence-corrected chi connectivity index (χ0v) is 15.4. The predicted octanol–water partition coefficient (Wildman–Crippen LogP) is 3.82. The summed E-state index contributed by atoms with van der Waals surface area (Å²) in [7, 11) is 0. The second kappa shape index (κ2) is 8.39. The Morgan fingerprint density at radius 1 is 1.19 bits per heavy atom. The van der Waals surface area contributed by atoms with Gasteiger partial charge in [-0.25, -0.2) is 0 Å². The van der Waals surface area contributed by atoms with Crippen molar-refractivity contribution in [1.29, 1.82) is 0 Å². The van der Waals surface area contributed by atoms with E-state index in [-0.39, 0.29) is 22.8 Å². The Kier molecular flexibility index (Phi) is 6.24. The van der Waals surface area contributed by atoms with E-state index in [0.29, 0.717) is 22.6 Å². The van der Waals surface area contributed by atoms with Gasteiger partial charge in [0.05, 0.1) is 22.3 Å². The summed E-state index contributed by atoms with van der Waals surface area (Å²) in [4.78, 5) is 22.8. The number of benzene rings is 2. The Balaban J connectivity index is 2.02. The van der Waals surface area contributed by atoms with Crippen molar-refractivity contribution in [2.45, 2.75) is 26.9 Å². The molecule has 2 aromatic rings. The summed E-state index contributed by atoms with van der Waals surface area (Å²) in [5, 5.41) is 16.4. The van der Waals surface area contributed by atoms with Crippen LogP contribution in [0.4, 0.5) is 11.4 Å². The summed E-state index contributed by atoms with van der Waals surface area (Å²) in [5.41, 5.74) is 1.29. The fraction of sp³-hybridized carbons (Fsp3) is 0.222. The van der Waals surface area contributed by atoms with Gasteiger partial charge in [0.15, 0.2) is 5.11 Å². The second-order valence-electron chi connectivity index (χ2n) is 5.81. The van der Waals surface area contributed by atoms with Gasteiger partial charge >= 0.3 is 0 Å². The Labute approximate surface area is 156 Å². The lowest BCUT2D eigenvalue weighted by Crippen LogP contribution is -2.34. The van der Waals surface area contributed by atoms with Crippen molar-refractivity contribution < 1.29 is 14.5 Å². The molecule has 2 aromatic carbocycles. The molecule has 0 aliphatic rings. The molecule has 0 atom stereocenters. The molecule has 0 fully saturated rings. The minimum Gasteiger partial charge on any atom is -0.491 e. The van der Waals surface area contributed by atoms with Crippen molar-refractivity contribution in [1.82, 2.24) is 5.32 Å². The molecule has 0 saturated heterocycles. The molecule has 0 saturated carbocycles. The van der Waals surface area contributed by atoms with Gasteiger partial charge in [-0.3, -0.25) is 20.2 Å². The summed E-state index contributed by atoms with van der Waals surface area (Å²) in [6, 6.07) is 11.3. The van der Waals surface area contributed by atoms with Crippen LogP contribution in [0.15, 0.2) is 42.5 Å². The van der Waals surface area contributed by atoms with Gasteiger partial charge in [0.25, 0.3) is 11.6 Å². The summed E-state index contributed by atoms with van der Waals surface area (Å²) in [5.74, 6) is 0.283. The van der Waals surface area contributed by atoms with E-state index in [2.05, 4.69) is 10.6 Å². The Morgan fingerprint density at radius 2 is 1.85 bits per heavy atom. The maximum Gasteiger partial charge on any atom is 0.274 e. The molecule has 0 unspecified atom stereocenters. The van der Waals surface area contributed by atoms with Gasteiger partial charge in [-0.15, -0.1) is 0 Å². The molecule has 0 aliphatic carbocycles. The number of rotatable bonds is 5. The number of carbonyl (C=O) groups excluding carboxylic acids is 1. The smallest absolute Gasteiger partial charge is 0.274 e. The number of hydrogen-bond acceptors (Lipinski definition) is 5. The zero-order chi connectivity index (χ0) is 19.3. The molecule has 26 heavy (non-hydrogen) atoms. The van der Waals surface area contributed by atoms with Gasteiger partial charge in [0, 0.05) is 11.6 Å². The minimum atomic E-state index is -0.469. The van der Waals surface area contributed by atoms with Crippen LogP contribution in [0.25, 0.3) is 0 Å². The predicted molar refractivity (Wildman–Crippen MR) is 104 cm³/mol. The van der Waals surface area contributed by atoms with Gasteiger partial charge in [0.1, 0.15) is 5.75 Å². The van der Waals surface area contributed by atoms with E-state index in [9.17, 15) is 14.9 Å². The van der Waals surface area contributed by atoms with E-state index in [1.54, 1.807) is 43.3 Å². The summed E-state index contributed by atoms with van der Waals surface area (Å²) in [6.07, 6.45) is 0.0459. The monoisotopic (exact) mass is 373 g/mol. The highest BCUT2D eigenvalue weighted by Gasteiger charge is 2.15. The number of amides is 1. The standard InChI is InChI=1S/C18H19N3O4S/c1-11(2)25-14-9-7-13(8-10-14)17(22)20-18(26)19-15-5-4-6-16(12(15)3)21(23)24/h4-11H,1-3H3,(H2,19,20,22,26). The fourth-order valence-corrected chi connectivity index (χ4v) is 2.45. The minimum absolute atomic E-state index is 0.0233. The molecular formula is C18H19N3O4S. The maximum absolute atomic E-state index is 12.3. The molecular weight excluding hydrogens is 354 g/mol. The van der Waals surface area contributed by atoms with Gasteiger partial charge < -0.3 is 10.1 Å². The molecule has 0 radical (unpaired) electrons. The number of carbonyl (C=O) groups is 1. The number of nitro groups is 1. The van der Waals surface area contributed by atoms with E-state index < -0.39 is 4.92 Å². The van der Waals surface area contributed by atoms with Crippen molar-refractivity contribution >= 4 is 34.6 Å². The van der Waals surface area contributed by atoms with Crippen LogP contribution >= 0.6 is 12.2 Å². The van der Waals surface area contributed by atoms with Gasteiger partial charge in [0.2, 0.25) is 0 Å². The Morgan fingerprint density at radius 3 is 2.42 bits per heavy atom. The van der Waals surface area contributed by atoms with Crippen LogP contribution in [-0.4, -0.2) is 22.0 Å². The summed E-state index contributed by atoms with van der Waals surface area (Å²) < 4.78 is 5.53. The number of ether oxygens (including phenoxy) is 1. The average Bonchev–Trinajstić information content (AvgIpc) is 2.56. The zero-order valence-electron chi connectivity index (χ0n) is 14.6. The summed E-state index contributed by atoms with van der Waals surface area (Å²) in [6.45, 7) is 5.44. The lowest BCUT2D eigenvalue weighted by atomic mass is 10.1. The Bertz CT molecular complexity index is 835. The first-order chi connectivity index (χ1) is 12.3. The van der Waals surface area contributed by atoms with Crippen LogP contribution in [0.2, 0.25) is 0 Å². The van der Waals surface area contributed by atoms with Crippen LogP contribution in [-0.2, 0) is 0 Å². The number of thiocarbonyl (C=S) groups is 1. The number of nitrogens with zero attached hydrogens (tertiary/aromatic N) is 1. The van der Waals surface area contributed by atoms with Crippen LogP contribution in [0.3, 0.4) is 0 Å². The van der Waals surface area contributed by atoms with Gasteiger partial charge in [-0.1, -0.05) is 6.07 Å². The van der Waals surface area contributed by atoms with Crippen LogP contribution in [0, 0.1) is 17.0 Å². The largest absolute Gasteiger partial charge is 0.491 e. The van der Waals surface area contributed by atoms with Crippen molar-refractivity contribution in [3.8, 4) is 5.75 Å². The third-order valence-electron chi connectivity index (χ3n) is 3.47. The summed E-state index contributed by atoms with van der Waals surface area (Å²) >= 11 is 5.13. The number of nitrogens with one attached hydrogen (secondary N) is 2. The molecule has 2 N–H and O–H groups in total. The van der Waals surface area contributed by atoms with Gasteiger partial charge in [-0.2, -0.15) is 0 Å². The molecule has 7 nitrogen and oxygen atoms in total. The maximum atomic E-state index is 12.3. The Hall–Kier alpha value is -3.00. The van der Waals surface area contributed by atoms with Crippen LogP contribution in [0.1, 0.15) is 29.8 Å². The van der Waals surface area contributed by atoms with Crippen molar-refractivity contribution in [2.75, 3.05) is 5.32 Å². The molecule has 8 heteroatoms. The molecule has 2 rings (SSSR count). The first kappa shape index (κ1) is 19.3. The quantitative estimate of drug-likeness (QED) is 0.470. The van der Waals surface area contributed by atoms with E-state index in [1.807, 2.05) is 13.8 Å². The fourth-order valence-electron chi connectivity index (χ4n) is 2.24. The number of anilines is 1. The highest BCUT2D eigenvalue weighted by atomic mass is 32.1. The highest BCUT2D eigenvalue weighted by Crippen LogP contribution is 2.24. The molecule has 0 bridgehead atoms. The van der Waals surface area contributed by atoms with Crippen LogP contribution < -0.4 is 15.4 Å². The van der Waals surface area contributed by atoms with E-state index in [0.717, 1.165) is 0 Å². The number of nitro benzene ring substituents is 1. The molecule has 1 amide bonds. The molecule has 0 aliphatic heterocycles. The average molecular weight is 373 g/mol. The first-order valence-corrected chi connectivity index (χ1v) is 8.32. The van der Waals surface area contributed by atoms with Crippen molar-refractivity contribution in [2.24, 2.45) is 0 Å². The SMILES string of the molecule is Cc1c(NC(=S)NC(=O)c2ccc(OC(C)C)cc2)cccc1[N+](=O)[O-].